The number of hydrogen-bond donors (Lipinski definition) is 0. The average Bonchev–Trinajstić information content (AvgIpc) is 2.60. The molecule has 0 N–H and O–H groups in total. The number of benzene rings is 1. The Labute approximate surface area is 95.6 Å². The molecule has 17 heavy (non-hydrogen) atoms. The second-order valence-corrected chi connectivity index (χ2v) is 3.44. The predicted molar refractivity (Wildman–Crippen MR) is 55.4 cm³/mol. The van der Waals surface area contributed by atoms with Gasteiger partial charge in [0.1, 0.15) is 13.1 Å². The number of Topliss-reactive ketones (excluding diaryl/α,β-unsaturated/α-hetero) is 1. The minimum atomic E-state index is -1.11. The van der Waals surface area contributed by atoms with Crippen molar-refractivity contribution in [2.24, 2.45) is 0 Å². The third-order valence-corrected chi connectivity index (χ3v) is 2.51. The molecule has 0 heterocycles. The average molecular weight is 230 g/mol. The number of carbonyl (C=O) groups is 1. The minimum absolute atomic E-state index is 0.0312. The third kappa shape index (κ3) is 1.58. The van der Waals surface area contributed by atoms with E-state index in [-0.39, 0.29) is 28.9 Å². The zero-order valence-electron chi connectivity index (χ0n) is 8.42. The summed E-state index contributed by atoms with van der Waals surface area (Å²) in [5.74, 6) is -2.88. The second kappa shape index (κ2) is 3.80. The first-order valence-corrected chi connectivity index (χ1v) is 4.59. The Kier molecular flexibility index (Phi) is 2.45. The molecule has 0 bridgehead atoms. The number of allylic oxidation sites excluding steroid dienone is 1. The maximum Gasteiger partial charge on any atom is 0.523 e. The predicted octanol–water partition coefficient (Wildman–Crippen LogP) is 3.06. The topological polar surface area (TPSA) is 25.8 Å². The molecule has 0 spiro atoms. The number of rotatable bonds is 0. The minimum Gasteiger partial charge on any atom is -0.294 e. The number of halogens is 2. The summed E-state index contributed by atoms with van der Waals surface area (Å²) in [7, 11) is 0. The van der Waals surface area contributed by atoms with Crippen LogP contribution in [0.25, 0.3) is 15.3 Å². The smallest absolute Gasteiger partial charge is 0.294 e. The van der Waals surface area contributed by atoms with Crippen molar-refractivity contribution in [3.8, 4) is 0 Å². The highest BCUT2D eigenvalue weighted by atomic mass is 19.2. The van der Waals surface area contributed by atoms with Crippen LogP contribution in [0.5, 0.6) is 0 Å². The molecule has 5 heteroatoms. The molecule has 1 aliphatic rings. The monoisotopic (exact) mass is 230 g/mol. The maximum atomic E-state index is 13.1. The molecule has 0 aliphatic heterocycles. The molecule has 0 unspecified atom stereocenters. The summed E-state index contributed by atoms with van der Waals surface area (Å²) in [6, 6.07) is 1.67. The highest BCUT2D eigenvalue weighted by Gasteiger charge is 2.32. The first-order valence-electron chi connectivity index (χ1n) is 4.59. The molecule has 0 radical (unpaired) electrons. The molecule has 1 aromatic carbocycles. The summed E-state index contributed by atoms with van der Waals surface area (Å²) >= 11 is 0. The molecule has 1 aliphatic carbocycles. The van der Waals surface area contributed by atoms with Gasteiger partial charge in [0.05, 0.1) is 5.57 Å². The zero-order chi connectivity index (χ0) is 12.6. The maximum absolute atomic E-state index is 13.1. The van der Waals surface area contributed by atoms with Gasteiger partial charge in [0.2, 0.25) is 0 Å². The Bertz CT molecular complexity index is 632. The quantitative estimate of drug-likeness (QED) is 0.629. The summed E-state index contributed by atoms with van der Waals surface area (Å²) in [5.41, 5.74) is 0.355. The molecule has 1 aromatic rings. The first kappa shape index (κ1) is 11.0. The molecule has 82 valence electrons. The summed E-state index contributed by atoms with van der Waals surface area (Å²) < 4.78 is 26.1. The van der Waals surface area contributed by atoms with Crippen LogP contribution in [0.15, 0.2) is 18.0 Å². The van der Waals surface area contributed by atoms with E-state index in [1.807, 2.05) is 0 Å². The van der Waals surface area contributed by atoms with E-state index >= 15 is 0 Å². The molecule has 0 amide bonds. The Morgan fingerprint density at radius 2 is 1.65 bits per heavy atom. The number of ketones is 1. The van der Waals surface area contributed by atoms with E-state index in [0.29, 0.717) is 0 Å². The Morgan fingerprint density at radius 1 is 1.12 bits per heavy atom. The molecular formula is C12H4F2N2O. The largest absolute Gasteiger partial charge is 0.523 e. The van der Waals surface area contributed by atoms with Crippen LogP contribution in [0, 0.1) is 24.8 Å². The van der Waals surface area contributed by atoms with E-state index < -0.39 is 17.4 Å². The van der Waals surface area contributed by atoms with Gasteiger partial charge in [0.15, 0.2) is 17.4 Å². The second-order valence-electron chi connectivity index (χ2n) is 3.44. The van der Waals surface area contributed by atoms with Crippen molar-refractivity contribution in [3.63, 3.8) is 0 Å². The highest BCUT2D eigenvalue weighted by Crippen LogP contribution is 2.36. The molecule has 0 saturated heterocycles. The lowest BCUT2D eigenvalue weighted by Crippen LogP contribution is -1.94. The van der Waals surface area contributed by atoms with Crippen LogP contribution in [0.3, 0.4) is 0 Å². The van der Waals surface area contributed by atoms with Crippen LogP contribution in [-0.4, -0.2) is 5.78 Å². The lowest BCUT2D eigenvalue weighted by Gasteiger charge is -1.99. The van der Waals surface area contributed by atoms with Crippen LogP contribution in [0.1, 0.15) is 22.3 Å². The Hall–Kier alpha value is -2.53. The van der Waals surface area contributed by atoms with Crippen LogP contribution in [0.4, 0.5) is 8.78 Å². The number of carbonyl (C=O) groups excluding carboxylic acids is 1. The fraction of sp³-hybridized carbons (Fsp3) is 0.0833. The van der Waals surface area contributed by atoms with Crippen molar-refractivity contribution in [2.75, 3.05) is 0 Å². The van der Waals surface area contributed by atoms with Crippen molar-refractivity contribution in [3.05, 3.63) is 63.5 Å². The zero-order valence-corrected chi connectivity index (χ0v) is 8.42. The van der Waals surface area contributed by atoms with Crippen LogP contribution in [-0.2, 0) is 0 Å². The fourth-order valence-electron chi connectivity index (χ4n) is 1.74. The number of fused-ring (bicyclic) bond motifs is 1. The molecule has 0 atom stereocenters. The van der Waals surface area contributed by atoms with Gasteiger partial charge in [-0.15, -0.1) is 0 Å². The number of hydrogen-bond acceptors (Lipinski definition) is 1. The Morgan fingerprint density at radius 3 is 2.18 bits per heavy atom. The summed E-state index contributed by atoms with van der Waals surface area (Å²) in [5, 5.41) is 0. The van der Waals surface area contributed by atoms with Crippen molar-refractivity contribution in [1.82, 2.24) is 0 Å². The van der Waals surface area contributed by atoms with Crippen molar-refractivity contribution >= 4 is 11.4 Å². The normalized spacial score (nSPS) is 12.9. The lowest BCUT2D eigenvalue weighted by atomic mass is 10.1. The molecule has 2 rings (SSSR count). The SMILES string of the molecule is [C-]#[N+]C([N+]#[C-])=C1CC(=O)c2cc(F)c(F)cc21. The van der Waals surface area contributed by atoms with Gasteiger partial charge < -0.3 is 0 Å². The van der Waals surface area contributed by atoms with E-state index in [4.69, 9.17) is 13.1 Å². The van der Waals surface area contributed by atoms with Crippen molar-refractivity contribution in [2.45, 2.75) is 6.42 Å². The van der Waals surface area contributed by atoms with Gasteiger partial charge in [-0.2, -0.15) is 9.69 Å². The van der Waals surface area contributed by atoms with E-state index in [0.717, 1.165) is 12.1 Å². The number of nitrogens with zero attached hydrogens (tertiary/aromatic N) is 2. The van der Waals surface area contributed by atoms with Gasteiger partial charge in [-0.1, -0.05) is 0 Å². The van der Waals surface area contributed by atoms with Crippen molar-refractivity contribution < 1.29 is 13.6 Å². The molecule has 3 nitrogen and oxygen atoms in total. The lowest BCUT2D eigenvalue weighted by molar-refractivity contribution is 0.100. The van der Waals surface area contributed by atoms with Gasteiger partial charge in [0.25, 0.3) is 0 Å². The van der Waals surface area contributed by atoms with Gasteiger partial charge >= 0.3 is 5.82 Å². The first-order chi connectivity index (χ1) is 8.08. The summed E-state index contributed by atoms with van der Waals surface area (Å²) in [6.07, 6.45) is -0.154. The van der Waals surface area contributed by atoms with E-state index in [1.54, 1.807) is 0 Å². The standard InChI is InChI=1S/C12H4F2N2O/c1-15-12(16-2)8-5-11(17)7-4-10(14)9(13)3-6(7)8/h3-4H,5H2. The summed E-state index contributed by atoms with van der Waals surface area (Å²) in [4.78, 5) is 17.5. The van der Waals surface area contributed by atoms with E-state index in [1.165, 1.54) is 0 Å². The van der Waals surface area contributed by atoms with Gasteiger partial charge in [-0.05, 0) is 17.7 Å². The third-order valence-electron chi connectivity index (χ3n) is 2.51. The van der Waals surface area contributed by atoms with Crippen LogP contribution >= 0.6 is 0 Å². The highest BCUT2D eigenvalue weighted by molar-refractivity contribution is 6.12. The van der Waals surface area contributed by atoms with Crippen molar-refractivity contribution in [1.29, 1.82) is 0 Å². The van der Waals surface area contributed by atoms with E-state index in [9.17, 15) is 13.6 Å². The van der Waals surface area contributed by atoms with Gasteiger partial charge in [-0.3, -0.25) is 4.79 Å². The summed E-state index contributed by atoms with van der Waals surface area (Å²) in [6.45, 7) is 13.6. The van der Waals surface area contributed by atoms with Gasteiger partial charge in [-0.25, -0.2) is 8.78 Å². The van der Waals surface area contributed by atoms with Crippen LogP contribution < -0.4 is 0 Å². The molecule has 0 saturated carbocycles. The Balaban J connectivity index is 2.77. The molecule has 0 aromatic heterocycles. The fourth-order valence-corrected chi connectivity index (χ4v) is 1.74. The van der Waals surface area contributed by atoms with Gasteiger partial charge in [0, 0.05) is 12.0 Å². The molecular weight excluding hydrogens is 226 g/mol. The van der Waals surface area contributed by atoms with Crippen LogP contribution in [0.2, 0.25) is 0 Å². The molecule has 0 fully saturated rings. The van der Waals surface area contributed by atoms with E-state index in [2.05, 4.69) is 9.69 Å².